The summed E-state index contributed by atoms with van der Waals surface area (Å²) in [6.45, 7) is 2.67. The van der Waals surface area contributed by atoms with E-state index in [9.17, 15) is 8.78 Å². The molecule has 0 saturated carbocycles. The Kier molecular flexibility index (Phi) is 3.49. The van der Waals surface area contributed by atoms with Crippen molar-refractivity contribution >= 4 is 0 Å². The van der Waals surface area contributed by atoms with E-state index in [1.165, 1.54) is 6.07 Å². The van der Waals surface area contributed by atoms with Crippen LogP contribution >= 0.6 is 0 Å². The van der Waals surface area contributed by atoms with Gasteiger partial charge < -0.3 is 5.32 Å². The quantitative estimate of drug-likeness (QED) is 0.857. The lowest BCUT2D eigenvalue weighted by molar-refractivity contribution is 0.504. The number of aromatic amines is 1. The molecule has 0 aliphatic heterocycles. The van der Waals surface area contributed by atoms with Crippen LogP contribution in [0, 0.1) is 11.6 Å². The molecule has 1 atom stereocenters. The Hall–Kier alpha value is -1.75. The standard InChI is InChI=1S/C12H13F2N3/c1-2-15-12(9-6-16-17-7-9)8-3-4-10(13)11(14)5-8/h3-7,12,15H,2H2,1H3,(H,16,17). The van der Waals surface area contributed by atoms with Crippen molar-refractivity contribution < 1.29 is 8.78 Å². The van der Waals surface area contributed by atoms with Gasteiger partial charge in [0.05, 0.1) is 12.2 Å². The van der Waals surface area contributed by atoms with Crippen LogP contribution in [0.25, 0.3) is 0 Å². The highest BCUT2D eigenvalue weighted by Gasteiger charge is 2.15. The molecule has 1 aromatic heterocycles. The average Bonchev–Trinajstić information content (AvgIpc) is 2.83. The van der Waals surface area contributed by atoms with Gasteiger partial charge >= 0.3 is 0 Å². The molecular weight excluding hydrogens is 224 g/mol. The summed E-state index contributed by atoms with van der Waals surface area (Å²) < 4.78 is 26.1. The molecule has 1 heterocycles. The molecular formula is C12H13F2N3. The maximum absolute atomic E-state index is 13.2. The smallest absolute Gasteiger partial charge is 0.159 e. The monoisotopic (exact) mass is 237 g/mol. The van der Waals surface area contributed by atoms with Crippen LogP contribution in [0.15, 0.2) is 30.6 Å². The summed E-state index contributed by atoms with van der Waals surface area (Å²) in [7, 11) is 0. The van der Waals surface area contributed by atoms with Crippen molar-refractivity contribution in [3.63, 3.8) is 0 Å². The molecule has 5 heteroatoms. The van der Waals surface area contributed by atoms with Gasteiger partial charge in [0.15, 0.2) is 11.6 Å². The fraction of sp³-hybridized carbons (Fsp3) is 0.250. The van der Waals surface area contributed by atoms with E-state index in [1.54, 1.807) is 18.5 Å². The molecule has 2 aromatic rings. The van der Waals surface area contributed by atoms with Crippen molar-refractivity contribution in [1.29, 1.82) is 0 Å². The Morgan fingerprint density at radius 1 is 1.29 bits per heavy atom. The third kappa shape index (κ3) is 2.50. The van der Waals surface area contributed by atoms with Crippen molar-refractivity contribution in [2.75, 3.05) is 6.54 Å². The summed E-state index contributed by atoms with van der Waals surface area (Å²) in [4.78, 5) is 0. The van der Waals surface area contributed by atoms with Crippen molar-refractivity contribution in [1.82, 2.24) is 15.5 Å². The van der Waals surface area contributed by atoms with E-state index in [4.69, 9.17) is 0 Å². The van der Waals surface area contributed by atoms with Gasteiger partial charge in [0.2, 0.25) is 0 Å². The predicted octanol–water partition coefficient (Wildman–Crippen LogP) is 2.39. The third-order valence-electron chi connectivity index (χ3n) is 2.54. The Labute approximate surface area is 97.9 Å². The molecule has 0 amide bonds. The lowest BCUT2D eigenvalue weighted by atomic mass is 10.0. The first-order chi connectivity index (χ1) is 8.22. The van der Waals surface area contributed by atoms with Crippen LogP contribution in [0.3, 0.4) is 0 Å². The number of nitrogens with one attached hydrogen (secondary N) is 2. The van der Waals surface area contributed by atoms with E-state index in [2.05, 4.69) is 15.5 Å². The molecule has 0 spiro atoms. The summed E-state index contributed by atoms with van der Waals surface area (Å²) in [5, 5.41) is 9.76. The van der Waals surface area contributed by atoms with Crippen molar-refractivity contribution in [2.45, 2.75) is 13.0 Å². The van der Waals surface area contributed by atoms with Gasteiger partial charge in [-0.25, -0.2) is 8.78 Å². The van der Waals surface area contributed by atoms with E-state index >= 15 is 0 Å². The third-order valence-corrected chi connectivity index (χ3v) is 2.54. The molecule has 0 radical (unpaired) electrons. The van der Waals surface area contributed by atoms with Crippen molar-refractivity contribution in [3.8, 4) is 0 Å². The number of H-pyrrole nitrogens is 1. The van der Waals surface area contributed by atoms with E-state index < -0.39 is 11.6 Å². The second-order valence-corrected chi connectivity index (χ2v) is 3.70. The van der Waals surface area contributed by atoms with E-state index in [1.807, 2.05) is 6.92 Å². The first kappa shape index (κ1) is 11.7. The highest BCUT2D eigenvalue weighted by molar-refractivity contribution is 5.29. The summed E-state index contributed by atoms with van der Waals surface area (Å²) in [5.41, 5.74) is 1.56. The lowest BCUT2D eigenvalue weighted by Gasteiger charge is -2.16. The van der Waals surface area contributed by atoms with Crippen LogP contribution < -0.4 is 5.32 Å². The summed E-state index contributed by atoms with van der Waals surface area (Å²) in [6, 6.07) is 3.72. The number of benzene rings is 1. The molecule has 0 fully saturated rings. The summed E-state index contributed by atoms with van der Waals surface area (Å²) in [6.07, 6.45) is 3.39. The molecule has 1 unspecified atom stereocenters. The average molecular weight is 237 g/mol. The Morgan fingerprint density at radius 3 is 2.71 bits per heavy atom. The normalized spacial score (nSPS) is 12.6. The number of hydrogen-bond donors (Lipinski definition) is 2. The Bertz CT molecular complexity index is 483. The predicted molar refractivity (Wildman–Crippen MR) is 60.5 cm³/mol. The van der Waals surface area contributed by atoms with Crippen LogP contribution in [-0.2, 0) is 0 Å². The minimum atomic E-state index is -0.839. The van der Waals surface area contributed by atoms with Gasteiger partial charge in [0.25, 0.3) is 0 Å². The topological polar surface area (TPSA) is 40.7 Å². The number of hydrogen-bond acceptors (Lipinski definition) is 2. The van der Waals surface area contributed by atoms with Crippen LogP contribution in [0.2, 0.25) is 0 Å². The SMILES string of the molecule is CCNC(c1cn[nH]c1)c1ccc(F)c(F)c1. The number of aromatic nitrogens is 2. The van der Waals surface area contributed by atoms with Crippen LogP contribution in [0.4, 0.5) is 8.78 Å². The molecule has 17 heavy (non-hydrogen) atoms. The molecule has 90 valence electrons. The fourth-order valence-electron chi connectivity index (χ4n) is 1.74. The molecule has 0 bridgehead atoms. The number of rotatable bonds is 4. The van der Waals surface area contributed by atoms with Crippen molar-refractivity contribution in [2.24, 2.45) is 0 Å². The van der Waals surface area contributed by atoms with Crippen LogP contribution in [-0.4, -0.2) is 16.7 Å². The fourth-order valence-corrected chi connectivity index (χ4v) is 1.74. The van der Waals surface area contributed by atoms with Gasteiger partial charge in [-0.05, 0) is 24.2 Å². The zero-order valence-corrected chi connectivity index (χ0v) is 9.37. The largest absolute Gasteiger partial charge is 0.306 e. The van der Waals surface area contributed by atoms with E-state index in [0.717, 1.165) is 18.2 Å². The minimum Gasteiger partial charge on any atom is -0.306 e. The van der Waals surface area contributed by atoms with E-state index in [0.29, 0.717) is 5.56 Å². The minimum absolute atomic E-state index is 0.186. The zero-order chi connectivity index (χ0) is 12.3. The number of halogens is 2. The Morgan fingerprint density at radius 2 is 2.12 bits per heavy atom. The summed E-state index contributed by atoms with van der Waals surface area (Å²) >= 11 is 0. The second kappa shape index (κ2) is 5.05. The van der Waals surface area contributed by atoms with Gasteiger partial charge in [-0.3, -0.25) is 5.10 Å². The first-order valence-electron chi connectivity index (χ1n) is 5.39. The molecule has 2 N–H and O–H groups in total. The molecule has 1 aromatic carbocycles. The van der Waals surface area contributed by atoms with Gasteiger partial charge in [-0.2, -0.15) is 5.10 Å². The summed E-state index contributed by atoms with van der Waals surface area (Å²) in [5.74, 6) is -1.68. The lowest BCUT2D eigenvalue weighted by Crippen LogP contribution is -2.21. The van der Waals surface area contributed by atoms with Gasteiger partial charge in [0, 0.05) is 11.8 Å². The van der Waals surface area contributed by atoms with Crippen molar-refractivity contribution in [3.05, 3.63) is 53.4 Å². The van der Waals surface area contributed by atoms with Crippen LogP contribution in [0.1, 0.15) is 24.1 Å². The van der Waals surface area contributed by atoms with Gasteiger partial charge in [0.1, 0.15) is 0 Å². The maximum atomic E-state index is 13.2. The van der Waals surface area contributed by atoms with Gasteiger partial charge in [-0.1, -0.05) is 13.0 Å². The molecule has 0 saturated heterocycles. The maximum Gasteiger partial charge on any atom is 0.159 e. The number of nitrogens with zero attached hydrogens (tertiary/aromatic N) is 1. The zero-order valence-electron chi connectivity index (χ0n) is 9.37. The highest BCUT2D eigenvalue weighted by Crippen LogP contribution is 2.22. The highest BCUT2D eigenvalue weighted by atomic mass is 19.2. The second-order valence-electron chi connectivity index (χ2n) is 3.70. The molecule has 0 aliphatic carbocycles. The molecule has 3 nitrogen and oxygen atoms in total. The first-order valence-corrected chi connectivity index (χ1v) is 5.39. The molecule has 2 rings (SSSR count). The Balaban J connectivity index is 2.35. The van der Waals surface area contributed by atoms with E-state index in [-0.39, 0.29) is 6.04 Å². The van der Waals surface area contributed by atoms with Gasteiger partial charge in [-0.15, -0.1) is 0 Å². The molecule has 0 aliphatic rings. The van der Waals surface area contributed by atoms with Crippen LogP contribution in [0.5, 0.6) is 0 Å².